The average molecular weight is 456 g/mol. The van der Waals surface area contributed by atoms with Gasteiger partial charge >= 0.3 is 0 Å². The second kappa shape index (κ2) is 12.5. The molecule has 0 spiro atoms. The minimum absolute atomic E-state index is 0.0151. The van der Waals surface area contributed by atoms with E-state index in [-0.39, 0.29) is 36.8 Å². The van der Waals surface area contributed by atoms with Gasteiger partial charge in [0.15, 0.2) is 0 Å². The third kappa shape index (κ3) is 7.16. The summed E-state index contributed by atoms with van der Waals surface area (Å²) in [5.41, 5.74) is 1.16. The number of carbonyl (C=O) groups is 3. The molecule has 1 aromatic rings. The lowest BCUT2D eigenvalue weighted by Gasteiger charge is -2.28. The van der Waals surface area contributed by atoms with Crippen LogP contribution in [0, 0.1) is 5.92 Å². The van der Waals surface area contributed by atoms with Gasteiger partial charge in [0.25, 0.3) is 0 Å². The van der Waals surface area contributed by atoms with E-state index in [9.17, 15) is 14.4 Å². The quantitative estimate of drug-likeness (QED) is 0.537. The van der Waals surface area contributed by atoms with Crippen molar-refractivity contribution in [1.82, 2.24) is 14.7 Å². The van der Waals surface area contributed by atoms with Gasteiger partial charge in [0.2, 0.25) is 17.7 Å². The van der Waals surface area contributed by atoms with Crippen LogP contribution in [0.5, 0.6) is 0 Å². The molecule has 7 heteroatoms. The predicted octanol–water partition coefficient (Wildman–Crippen LogP) is 2.51. The van der Waals surface area contributed by atoms with Crippen molar-refractivity contribution in [3.63, 3.8) is 0 Å². The average Bonchev–Trinajstić information content (AvgIpc) is 3.01. The van der Waals surface area contributed by atoms with Gasteiger partial charge in [-0.25, -0.2) is 0 Å². The van der Waals surface area contributed by atoms with Gasteiger partial charge in [-0.05, 0) is 45.1 Å². The first-order valence-electron chi connectivity index (χ1n) is 12.2. The van der Waals surface area contributed by atoms with Crippen molar-refractivity contribution in [1.29, 1.82) is 0 Å². The van der Waals surface area contributed by atoms with Crippen molar-refractivity contribution < 1.29 is 19.1 Å². The topological polar surface area (TPSA) is 70.2 Å². The molecule has 0 aromatic heterocycles. The molecule has 180 valence electrons. The molecule has 3 rings (SSSR count). The van der Waals surface area contributed by atoms with Gasteiger partial charge in [0.1, 0.15) is 6.61 Å². The maximum atomic E-state index is 13.2. The molecule has 2 aliphatic rings. The zero-order valence-corrected chi connectivity index (χ0v) is 19.9. The highest BCUT2D eigenvalue weighted by atomic mass is 16.5. The molecule has 1 heterocycles. The Hall–Kier alpha value is -2.67. The van der Waals surface area contributed by atoms with Crippen molar-refractivity contribution in [2.75, 3.05) is 45.9 Å². The Morgan fingerprint density at radius 1 is 1.09 bits per heavy atom. The number of allylic oxidation sites excluding steroid dienone is 2. The second-order valence-corrected chi connectivity index (χ2v) is 8.77. The zero-order chi connectivity index (χ0) is 23.6. The monoisotopic (exact) mass is 455 g/mol. The minimum atomic E-state index is -0.394. The molecule has 7 nitrogen and oxygen atoms in total. The van der Waals surface area contributed by atoms with Crippen LogP contribution < -0.4 is 0 Å². The van der Waals surface area contributed by atoms with Crippen LogP contribution in [0.25, 0.3) is 0 Å². The van der Waals surface area contributed by atoms with Crippen molar-refractivity contribution in [3.05, 3.63) is 48.0 Å². The van der Waals surface area contributed by atoms with Crippen LogP contribution in [-0.4, -0.2) is 84.4 Å². The summed E-state index contributed by atoms with van der Waals surface area (Å²) in [6, 6.07) is 10.0. The third-order valence-corrected chi connectivity index (χ3v) is 6.53. The number of rotatable bonds is 9. The van der Waals surface area contributed by atoms with E-state index in [0.717, 1.165) is 24.8 Å². The Morgan fingerprint density at radius 3 is 2.52 bits per heavy atom. The number of hydrogen-bond donors (Lipinski definition) is 0. The van der Waals surface area contributed by atoms with Gasteiger partial charge in [-0.3, -0.25) is 14.4 Å². The zero-order valence-electron chi connectivity index (χ0n) is 19.9. The molecular formula is C26H37N3O4. The molecule has 1 aromatic carbocycles. The number of carbonyl (C=O) groups excluding carboxylic acids is 3. The Kier molecular flexibility index (Phi) is 9.48. The van der Waals surface area contributed by atoms with E-state index in [4.69, 9.17) is 4.74 Å². The Labute approximate surface area is 197 Å². The smallest absolute Gasteiger partial charge is 0.248 e. The van der Waals surface area contributed by atoms with Crippen LogP contribution in [0.4, 0.5) is 0 Å². The summed E-state index contributed by atoms with van der Waals surface area (Å²) in [7, 11) is 0. The minimum Gasteiger partial charge on any atom is -0.365 e. The summed E-state index contributed by atoms with van der Waals surface area (Å²) in [5.74, 6) is -0.202. The van der Waals surface area contributed by atoms with E-state index in [1.807, 2.05) is 44.2 Å². The van der Waals surface area contributed by atoms with Crippen LogP contribution in [0.15, 0.2) is 42.5 Å². The lowest BCUT2D eigenvalue weighted by atomic mass is 9.93. The number of nitrogens with zero attached hydrogens (tertiary/aromatic N) is 3. The molecule has 0 radical (unpaired) electrons. The van der Waals surface area contributed by atoms with Crippen LogP contribution in [0.3, 0.4) is 0 Å². The number of benzene rings is 1. The number of amides is 3. The SMILES string of the molecule is CCN(CC)C(=O)CO[C@@H]1CN(CCc2ccccc2)C(=O)CN(C(=O)[C@H]2CC=CCC2)C1. The van der Waals surface area contributed by atoms with E-state index in [0.29, 0.717) is 39.1 Å². The highest BCUT2D eigenvalue weighted by Gasteiger charge is 2.34. The molecule has 0 unspecified atom stereocenters. The standard InChI is InChI=1S/C26H37N3O4/c1-3-27(4-2)25(31)20-33-23-17-28(16-15-21-11-7-5-8-12-21)24(30)19-29(18-23)26(32)22-13-9-6-10-14-22/h5-9,11-12,22-23H,3-4,10,13-20H2,1-2H3/t22-,23+/m0/s1. The summed E-state index contributed by atoms with van der Waals surface area (Å²) < 4.78 is 6.01. The van der Waals surface area contributed by atoms with E-state index >= 15 is 0 Å². The maximum absolute atomic E-state index is 13.2. The third-order valence-electron chi connectivity index (χ3n) is 6.53. The number of ether oxygens (including phenoxy) is 1. The Balaban J connectivity index is 1.69. The van der Waals surface area contributed by atoms with Gasteiger partial charge in [0, 0.05) is 38.6 Å². The first kappa shape index (κ1) is 25.0. The van der Waals surface area contributed by atoms with Gasteiger partial charge in [-0.15, -0.1) is 0 Å². The molecule has 1 aliphatic carbocycles. The highest BCUT2D eigenvalue weighted by Crippen LogP contribution is 2.22. The molecular weight excluding hydrogens is 418 g/mol. The molecule has 3 amide bonds. The molecule has 0 N–H and O–H groups in total. The predicted molar refractivity (Wildman–Crippen MR) is 127 cm³/mol. The number of likely N-dealkylation sites (N-methyl/N-ethyl adjacent to an activating group) is 1. The van der Waals surface area contributed by atoms with E-state index in [2.05, 4.69) is 12.2 Å². The van der Waals surface area contributed by atoms with Crippen molar-refractivity contribution in [2.45, 2.75) is 45.6 Å². The van der Waals surface area contributed by atoms with Gasteiger partial charge < -0.3 is 19.4 Å². The maximum Gasteiger partial charge on any atom is 0.248 e. The molecule has 1 aliphatic heterocycles. The first-order chi connectivity index (χ1) is 16.0. The molecule has 2 atom stereocenters. The van der Waals surface area contributed by atoms with Crippen LogP contribution in [0.1, 0.15) is 38.7 Å². The van der Waals surface area contributed by atoms with Crippen molar-refractivity contribution >= 4 is 17.7 Å². The summed E-state index contributed by atoms with van der Waals surface area (Å²) in [6.07, 6.45) is 6.91. The Bertz CT molecular complexity index is 822. The fourth-order valence-corrected chi connectivity index (χ4v) is 4.51. The van der Waals surface area contributed by atoms with E-state index < -0.39 is 6.10 Å². The van der Waals surface area contributed by atoms with Gasteiger partial charge in [-0.1, -0.05) is 42.5 Å². The van der Waals surface area contributed by atoms with Gasteiger partial charge in [-0.2, -0.15) is 0 Å². The second-order valence-electron chi connectivity index (χ2n) is 8.77. The molecule has 1 fully saturated rings. The van der Waals surface area contributed by atoms with Crippen LogP contribution >= 0.6 is 0 Å². The lowest BCUT2D eigenvalue weighted by molar-refractivity contribution is -0.142. The van der Waals surface area contributed by atoms with E-state index in [1.165, 1.54) is 0 Å². The summed E-state index contributed by atoms with van der Waals surface area (Å²) in [4.78, 5) is 44.0. The highest BCUT2D eigenvalue weighted by molar-refractivity contribution is 5.86. The first-order valence-corrected chi connectivity index (χ1v) is 12.2. The fraction of sp³-hybridized carbons (Fsp3) is 0.577. The van der Waals surface area contributed by atoms with Crippen LogP contribution in [0.2, 0.25) is 0 Å². The summed E-state index contributed by atoms with van der Waals surface area (Å²) >= 11 is 0. The molecule has 1 saturated heterocycles. The molecule has 33 heavy (non-hydrogen) atoms. The van der Waals surface area contributed by atoms with Gasteiger partial charge in [0.05, 0.1) is 12.6 Å². The Morgan fingerprint density at radius 2 is 1.85 bits per heavy atom. The number of hydrogen-bond acceptors (Lipinski definition) is 4. The molecule has 0 saturated carbocycles. The van der Waals surface area contributed by atoms with E-state index in [1.54, 1.807) is 14.7 Å². The normalized spacial score (nSPS) is 21.1. The van der Waals surface area contributed by atoms with Crippen molar-refractivity contribution in [3.8, 4) is 0 Å². The van der Waals surface area contributed by atoms with Crippen LogP contribution in [-0.2, 0) is 25.5 Å². The lowest BCUT2D eigenvalue weighted by Crippen LogP contribution is -2.43. The summed E-state index contributed by atoms with van der Waals surface area (Å²) in [6.45, 7) is 6.44. The molecule has 0 bridgehead atoms. The summed E-state index contributed by atoms with van der Waals surface area (Å²) in [5, 5.41) is 0. The fourth-order valence-electron chi connectivity index (χ4n) is 4.51. The van der Waals surface area contributed by atoms with Crippen molar-refractivity contribution in [2.24, 2.45) is 5.92 Å². The largest absolute Gasteiger partial charge is 0.365 e.